The van der Waals surface area contributed by atoms with Crippen molar-refractivity contribution in [2.75, 3.05) is 6.26 Å². The molecule has 98 valence electrons. The Balaban J connectivity index is 2.09. The molecule has 0 unspecified atom stereocenters. The van der Waals surface area contributed by atoms with Gasteiger partial charge in [-0.1, -0.05) is 23.2 Å². The summed E-state index contributed by atoms with van der Waals surface area (Å²) in [6.45, 7) is 0. The number of rotatable bonds is 3. The first kappa shape index (κ1) is 13.6. The van der Waals surface area contributed by atoms with Gasteiger partial charge in [-0.25, -0.2) is 8.42 Å². The largest absolute Gasteiger partial charge is 0.274 e. The van der Waals surface area contributed by atoms with Gasteiger partial charge in [0.1, 0.15) is 0 Å². The lowest BCUT2D eigenvalue weighted by Crippen LogP contribution is -2.30. The fourth-order valence-electron chi connectivity index (χ4n) is 1.90. The van der Waals surface area contributed by atoms with Crippen LogP contribution in [0.15, 0.2) is 18.2 Å². The Bertz CT molecular complexity index is 580. The van der Waals surface area contributed by atoms with Crippen LogP contribution in [0.1, 0.15) is 17.9 Å². The summed E-state index contributed by atoms with van der Waals surface area (Å²) in [5.41, 5.74) is 0.862. The average molecular weight is 308 g/mol. The fourth-order valence-corrected chi connectivity index (χ4v) is 2.96. The predicted octanol–water partition coefficient (Wildman–Crippen LogP) is 2.17. The summed E-state index contributed by atoms with van der Waals surface area (Å²) in [6.07, 6.45) is 1.57. The number of hydrogen-bond acceptors (Lipinski definition) is 3. The summed E-state index contributed by atoms with van der Waals surface area (Å²) < 4.78 is 23.9. The SMILES string of the molecule is CS(=O)(=O)NC(=O)[C@H]1C[C@H]1c1cc(Cl)cc(Cl)c1. The van der Waals surface area contributed by atoms with Gasteiger partial charge in [-0.3, -0.25) is 9.52 Å². The highest BCUT2D eigenvalue weighted by molar-refractivity contribution is 7.89. The van der Waals surface area contributed by atoms with E-state index in [9.17, 15) is 13.2 Å². The van der Waals surface area contributed by atoms with Crippen LogP contribution < -0.4 is 4.72 Å². The van der Waals surface area contributed by atoms with Crippen molar-refractivity contribution in [2.24, 2.45) is 5.92 Å². The minimum absolute atomic E-state index is 0.0112. The maximum absolute atomic E-state index is 11.6. The lowest BCUT2D eigenvalue weighted by molar-refractivity contribution is -0.120. The van der Waals surface area contributed by atoms with E-state index in [1.54, 1.807) is 18.2 Å². The van der Waals surface area contributed by atoms with Crippen molar-refractivity contribution in [3.63, 3.8) is 0 Å². The summed E-state index contributed by atoms with van der Waals surface area (Å²) in [7, 11) is -3.50. The van der Waals surface area contributed by atoms with E-state index in [4.69, 9.17) is 23.2 Å². The molecule has 4 nitrogen and oxygen atoms in total. The van der Waals surface area contributed by atoms with Crippen LogP contribution in [0.25, 0.3) is 0 Å². The normalized spacial score (nSPS) is 22.6. The number of amides is 1. The lowest BCUT2D eigenvalue weighted by atomic mass is 10.1. The molecule has 0 aliphatic heterocycles. The molecule has 0 radical (unpaired) electrons. The van der Waals surface area contributed by atoms with Gasteiger partial charge in [0.05, 0.1) is 6.26 Å². The molecule has 7 heteroatoms. The van der Waals surface area contributed by atoms with Gasteiger partial charge >= 0.3 is 0 Å². The van der Waals surface area contributed by atoms with Crippen molar-refractivity contribution in [2.45, 2.75) is 12.3 Å². The van der Waals surface area contributed by atoms with E-state index in [-0.39, 0.29) is 11.8 Å². The quantitative estimate of drug-likeness (QED) is 0.931. The highest BCUT2D eigenvalue weighted by atomic mass is 35.5. The third-order valence-electron chi connectivity index (χ3n) is 2.73. The molecule has 1 saturated carbocycles. The molecule has 0 saturated heterocycles. The van der Waals surface area contributed by atoms with E-state index in [1.807, 2.05) is 4.72 Å². The van der Waals surface area contributed by atoms with Crippen LogP contribution >= 0.6 is 23.2 Å². The number of carbonyl (C=O) groups excluding carboxylic acids is 1. The van der Waals surface area contributed by atoms with E-state index >= 15 is 0 Å². The van der Waals surface area contributed by atoms with Gasteiger partial charge in [0.15, 0.2) is 0 Å². The Morgan fingerprint density at radius 1 is 1.28 bits per heavy atom. The molecule has 18 heavy (non-hydrogen) atoms. The van der Waals surface area contributed by atoms with E-state index in [0.29, 0.717) is 16.5 Å². The van der Waals surface area contributed by atoms with Crippen molar-refractivity contribution in [3.05, 3.63) is 33.8 Å². The Labute approximate surface area is 115 Å². The second-order valence-electron chi connectivity index (χ2n) is 4.39. The summed E-state index contributed by atoms with van der Waals surface area (Å²) in [5, 5.41) is 1.01. The Morgan fingerprint density at radius 3 is 2.33 bits per heavy atom. The minimum Gasteiger partial charge on any atom is -0.274 e. The number of carbonyl (C=O) groups is 1. The topological polar surface area (TPSA) is 63.2 Å². The van der Waals surface area contributed by atoms with Crippen molar-refractivity contribution in [1.82, 2.24) is 4.72 Å². The number of halogens is 2. The average Bonchev–Trinajstić information content (AvgIpc) is 2.91. The maximum atomic E-state index is 11.6. The molecule has 2 rings (SSSR count). The van der Waals surface area contributed by atoms with E-state index < -0.39 is 15.9 Å². The van der Waals surface area contributed by atoms with Gasteiger partial charge in [0, 0.05) is 16.0 Å². The zero-order valence-corrected chi connectivity index (χ0v) is 11.8. The van der Waals surface area contributed by atoms with Crippen LogP contribution in [-0.2, 0) is 14.8 Å². The molecule has 1 aromatic carbocycles. The third-order valence-corrected chi connectivity index (χ3v) is 3.73. The molecule has 0 bridgehead atoms. The minimum atomic E-state index is -3.50. The summed E-state index contributed by atoms with van der Waals surface area (Å²) in [6, 6.07) is 5.10. The second kappa shape index (κ2) is 4.72. The molecule has 0 heterocycles. The smallest absolute Gasteiger partial charge is 0.237 e. The van der Waals surface area contributed by atoms with Crippen LogP contribution in [0.4, 0.5) is 0 Å². The van der Waals surface area contributed by atoms with Gasteiger partial charge in [0.25, 0.3) is 0 Å². The summed E-state index contributed by atoms with van der Waals surface area (Å²) >= 11 is 11.7. The first-order valence-corrected chi connectivity index (χ1v) is 7.88. The highest BCUT2D eigenvalue weighted by Gasteiger charge is 2.44. The summed E-state index contributed by atoms with van der Waals surface area (Å²) in [4.78, 5) is 11.6. The molecule has 0 spiro atoms. The standard InChI is InChI=1S/C11H11Cl2NO3S/c1-18(16,17)14-11(15)10-5-9(10)6-2-7(12)4-8(13)3-6/h2-4,9-10H,5H2,1H3,(H,14,15)/t9-,10-/m0/s1. The molecule has 1 aromatic rings. The van der Waals surface area contributed by atoms with E-state index in [1.165, 1.54) is 0 Å². The monoisotopic (exact) mass is 307 g/mol. The molecule has 1 fully saturated rings. The van der Waals surface area contributed by atoms with Gasteiger partial charge in [-0.05, 0) is 36.1 Å². The van der Waals surface area contributed by atoms with Crippen LogP contribution in [0.3, 0.4) is 0 Å². The van der Waals surface area contributed by atoms with E-state index in [0.717, 1.165) is 11.8 Å². The first-order valence-electron chi connectivity index (χ1n) is 5.24. The molecule has 1 N–H and O–H groups in total. The summed E-state index contributed by atoms with van der Waals surface area (Å²) in [5.74, 6) is -0.809. The number of nitrogens with one attached hydrogen (secondary N) is 1. The number of hydrogen-bond donors (Lipinski definition) is 1. The maximum Gasteiger partial charge on any atom is 0.237 e. The molecular formula is C11H11Cl2NO3S. The van der Waals surface area contributed by atoms with Crippen LogP contribution in [0.2, 0.25) is 10.0 Å². The Morgan fingerprint density at radius 2 is 1.83 bits per heavy atom. The van der Waals surface area contributed by atoms with Crippen LogP contribution in [0.5, 0.6) is 0 Å². The third kappa shape index (κ3) is 3.37. The predicted molar refractivity (Wildman–Crippen MR) is 70.3 cm³/mol. The zero-order chi connectivity index (χ0) is 13.5. The highest BCUT2D eigenvalue weighted by Crippen LogP contribution is 2.48. The molecule has 2 atom stereocenters. The number of sulfonamides is 1. The van der Waals surface area contributed by atoms with Crippen molar-refractivity contribution < 1.29 is 13.2 Å². The van der Waals surface area contributed by atoms with Crippen molar-refractivity contribution in [1.29, 1.82) is 0 Å². The lowest BCUT2D eigenvalue weighted by Gasteiger charge is -2.03. The molecule has 1 aliphatic rings. The molecular weight excluding hydrogens is 297 g/mol. The molecule has 1 amide bonds. The fraction of sp³-hybridized carbons (Fsp3) is 0.364. The van der Waals surface area contributed by atoms with Crippen molar-refractivity contribution in [3.8, 4) is 0 Å². The van der Waals surface area contributed by atoms with Gasteiger partial charge in [0.2, 0.25) is 15.9 Å². The van der Waals surface area contributed by atoms with E-state index in [2.05, 4.69) is 0 Å². The number of benzene rings is 1. The van der Waals surface area contributed by atoms with Gasteiger partial charge < -0.3 is 0 Å². The van der Waals surface area contributed by atoms with Gasteiger partial charge in [-0.2, -0.15) is 0 Å². The Hall–Kier alpha value is -0.780. The molecule has 1 aliphatic carbocycles. The van der Waals surface area contributed by atoms with Gasteiger partial charge in [-0.15, -0.1) is 0 Å². The van der Waals surface area contributed by atoms with Crippen LogP contribution in [-0.4, -0.2) is 20.6 Å². The second-order valence-corrected chi connectivity index (χ2v) is 7.01. The van der Waals surface area contributed by atoms with Crippen LogP contribution in [0, 0.1) is 5.92 Å². The Kier molecular flexibility index (Phi) is 3.58. The first-order chi connectivity index (χ1) is 8.26. The zero-order valence-electron chi connectivity index (χ0n) is 9.48. The van der Waals surface area contributed by atoms with Crippen molar-refractivity contribution >= 4 is 39.1 Å². The molecule has 0 aromatic heterocycles.